The quantitative estimate of drug-likeness (QED) is 0.719. The molecule has 0 aromatic heterocycles. The van der Waals surface area contributed by atoms with Crippen LogP contribution in [-0.2, 0) is 6.18 Å². The van der Waals surface area contributed by atoms with Crippen LogP contribution < -0.4 is 5.32 Å². The monoisotopic (exact) mass is 428 g/mol. The number of halogens is 5. The van der Waals surface area contributed by atoms with Crippen molar-refractivity contribution >= 4 is 12.0 Å². The molecule has 30 heavy (non-hydrogen) atoms. The first kappa shape index (κ1) is 21.5. The fraction of sp³-hybridized carbons (Fsp3) is 0.300. The molecule has 2 atom stereocenters. The number of rotatable bonds is 3. The lowest BCUT2D eigenvalue weighted by atomic mass is 9.86. The van der Waals surface area contributed by atoms with Gasteiger partial charge in [-0.1, -0.05) is 12.1 Å². The highest BCUT2D eigenvalue weighted by Gasteiger charge is 2.36. The predicted octanol–water partition coefficient (Wildman–Crippen LogP) is 4.25. The highest BCUT2D eigenvalue weighted by atomic mass is 19.4. The molecule has 1 aliphatic rings. The van der Waals surface area contributed by atoms with E-state index < -0.39 is 47.3 Å². The number of amides is 2. The number of alkyl halides is 3. The van der Waals surface area contributed by atoms with Crippen LogP contribution in [0.2, 0.25) is 0 Å². The largest absolute Gasteiger partial charge is 0.465 e. The molecule has 1 heterocycles. The van der Waals surface area contributed by atoms with Gasteiger partial charge in [-0.2, -0.15) is 13.2 Å². The smallest absolute Gasteiger partial charge is 0.419 e. The first-order valence-electron chi connectivity index (χ1n) is 8.97. The zero-order valence-electron chi connectivity index (χ0n) is 15.4. The maximum atomic E-state index is 13.5. The third kappa shape index (κ3) is 4.69. The Balaban J connectivity index is 1.85. The van der Waals surface area contributed by atoms with Crippen molar-refractivity contribution in [1.29, 1.82) is 0 Å². The first-order valence-corrected chi connectivity index (χ1v) is 8.97. The lowest BCUT2D eigenvalue weighted by Crippen LogP contribution is -2.51. The second kappa shape index (κ2) is 8.29. The molecule has 10 heteroatoms. The van der Waals surface area contributed by atoms with Crippen molar-refractivity contribution < 1.29 is 36.6 Å². The fourth-order valence-electron chi connectivity index (χ4n) is 3.48. The van der Waals surface area contributed by atoms with E-state index in [2.05, 4.69) is 5.32 Å². The Hall–Kier alpha value is -3.17. The van der Waals surface area contributed by atoms with E-state index >= 15 is 0 Å². The number of carbonyl (C=O) groups is 2. The van der Waals surface area contributed by atoms with E-state index in [0.717, 1.165) is 11.0 Å². The van der Waals surface area contributed by atoms with Gasteiger partial charge in [-0.05, 0) is 42.3 Å². The highest BCUT2D eigenvalue weighted by molar-refractivity contribution is 5.94. The van der Waals surface area contributed by atoms with Crippen LogP contribution in [0.4, 0.5) is 26.7 Å². The summed E-state index contributed by atoms with van der Waals surface area (Å²) in [5.41, 5.74) is -1.35. The predicted molar refractivity (Wildman–Crippen MR) is 96.0 cm³/mol. The van der Waals surface area contributed by atoms with Crippen LogP contribution in [0.3, 0.4) is 0 Å². The van der Waals surface area contributed by atoms with Crippen LogP contribution in [0, 0.1) is 11.6 Å². The lowest BCUT2D eigenvalue weighted by Gasteiger charge is -2.38. The molecule has 5 nitrogen and oxygen atoms in total. The molecule has 2 amide bonds. The third-order valence-electron chi connectivity index (χ3n) is 5.03. The van der Waals surface area contributed by atoms with Crippen LogP contribution in [-0.4, -0.2) is 41.1 Å². The minimum absolute atomic E-state index is 0.0170. The number of piperidine rings is 1. The van der Waals surface area contributed by atoms with Gasteiger partial charge in [0.1, 0.15) is 11.6 Å². The van der Waals surface area contributed by atoms with E-state index in [0.29, 0.717) is 17.7 Å². The summed E-state index contributed by atoms with van der Waals surface area (Å²) in [6, 6.07) is 6.66. The van der Waals surface area contributed by atoms with E-state index in [-0.39, 0.29) is 25.1 Å². The average molecular weight is 428 g/mol. The summed E-state index contributed by atoms with van der Waals surface area (Å²) in [5, 5.41) is 11.9. The van der Waals surface area contributed by atoms with Gasteiger partial charge in [0.05, 0.1) is 5.56 Å². The Kier molecular flexibility index (Phi) is 5.95. The van der Waals surface area contributed by atoms with Crippen molar-refractivity contribution in [2.45, 2.75) is 24.6 Å². The Labute approximate surface area is 168 Å². The van der Waals surface area contributed by atoms with E-state index in [1.54, 1.807) is 0 Å². The molecule has 2 N–H and O–H groups in total. The molecule has 2 unspecified atom stereocenters. The Morgan fingerprint density at radius 1 is 1.07 bits per heavy atom. The van der Waals surface area contributed by atoms with Gasteiger partial charge >= 0.3 is 12.3 Å². The summed E-state index contributed by atoms with van der Waals surface area (Å²) in [4.78, 5) is 25.0. The van der Waals surface area contributed by atoms with Gasteiger partial charge in [0.25, 0.3) is 5.91 Å². The van der Waals surface area contributed by atoms with E-state index in [1.807, 2.05) is 0 Å². The molecule has 1 fully saturated rings. The number of nitrogens with one attached hydrogen (secondary N) is 1. The summed E-state index contributed by atoms with van der Waals surface area (Å²) in [5.74, 6) is -3.36. The van der Waals surface area contributed by atoms with E-state index in [9.17, 15) is 36.6 Å². The molecular weight excluding hydrogens is 411 g/mol. The summed E-state index contributed by atoms with van der Waals surface area (Å²) in [6.07, 6.45) is -5.91. The number of nitrogens with zero attached hydrogens (tertiary/aromatic N) is 1. The van der Waals surface area contributed by atoms with Crippen molar-refractivity contribution in [1.82, 2.24) is 10.2 Å². The number of benzene rings is 2. The number of hydrogen-bond donors (Lipinski definition) is 2. The second-order valence-corrected chi connectivity index (χ2v) is 6.95. The molecular formula is C20H17F5N2O3. The minimum Gasteiger partial charge on any atom is -0.465 e. The summed E-state index contributed by atoms with van der Waals surface area (Å²) < 4.78 is 65.5. The molecule has 0 radical (unpaired) electrons. The van der Waals surface area contributed by atoms with Crippen molar-refractivity contribution in [2.24, 2.45) is 0 Å². The Morgan fingerprint density at radius 2 is 1.73 bits per heavy atom. The van der Waals surface area contributed by atoms with Crippen molar-refractivity contribution in [3.8, 4) is 0 Å². The van der Waals surface area contributed by atoms with Crippen LogP contribution in [0.5, 0.6) is 0 Å². The van der Waals surface area contributed by atoms with E-state index in [4.69, 9.17) is 0 Å². The first-order chi connectivity index (χ1) is 14.1. The topological polar surface area (TPSA) is 69.6 Å². The summed E-state index contributed by atoms with van der Waals surface area (Å²) >= 11 is 0. The van der Waals surface area contributed by atoms with Crippen LogP contribution in [0.1, 0.15) is 33.8 Å². The molecule has 0 spiro atoms. The molecule has 2 aromatic carbocycles. The van der Waals surface area contributed by atoms with Crippen LogP contribution >= 0.6 is 0 Å². The lowest BCUT2D eigenvalue weighted by molar-refractivity contribution is -0.140. The molecule has 0 aliphatic carbocycles. The molecule has 1 aliphatic heterocycles. The number of hydrogen-bond acceptors (Lipinski definition) is 2. The van der Waals surface area contributed by atoms with Crippen molar-refractivity contribution in [3.63, 3.8) is 0 Å². The zero-order chi connectivity index (χ0) is 22.1. The van der Waals surface area contributed by atoms with Gasteiger partial charge in [-0.25, -0.2) is 13.6 Å². The van der Waals surface area contributed by atoms with E-state index in [1.165, 1.54) is 24.3 Å². The summed E-state index contributed by atoms with van der Waals surface area (Å²) in [6.45, 7) is 0.123. The third-order valence-corrected chi connectivity index (χ3v) is 5.03. The van der Waals surface area contributed by atoms with Gasteiger partial charge in [0, 0.05) is 30.6 Å². The maximum Gasteiger partial charge on any atom is 0.419 e. The normalized spacial score (nSPS) is 19.4. The van der Waals surface area contributed by atoms with Crippen molar-refractivity contribution in [2.75, 3.05) is 13.1 Å². The highest BCUT2D eigenvalue weighted by Crippen LogP contribution is 2.32. The molecule has 160 valence electrons. The van der Waals surface area contributed by atoms with Gasteiger partial charge < -0.3 is 15.3 Å². The second-order valence-electron chi connectivity index (χ2n) is 6.95. The molecule has 0 saturated carbocycles. The maximum absolute atomic E-state index is 13.5. The standard InChI is InChI=1S/C20H17F5N2O3/c21-13-4-1-11(2-5-13)14-10-27(19(29)30)8-7-17(14)26-18(28)12-3-6-16(22)15(9-12)20(23,24)25/h1-6,9,14,17H,7-8,10H2,(H,26,28)(H,29,30). The average Bonchev–Trinajstić information content (AvgIpc) is 2.68. The van der Waals surface area contributed by atoms with Gasteiger partial charge in [0.15, 0.2) is 0 Å². The molecule has 2 aromatic rings. The van der Waals surface area contributed by atoms with Gasteiger partial charge in [-0.3, -0.25) is 4.79 Å². The Morgan fingerprint density at radius 3 is 2.33 bits per heavy atom. The molecule has 1 saturated heterocycles. The molecule has 0 bridgehead atoms. The minimum atomic E-state index is -4.95. The summed E-state index contributed by atoms with van der Waals surface area (Å²) in [7, 11) is 0. The van der Waals surface area contributed by atoms with Gasteiger partial charge in [-0.15, -0.1) is 0 Å². The number of likely N-dealkylation sites (tertiary alicyclic amines) is 1. The van der Waals surface area contributed by atoms with Gasteiger partial charge in [0.2, 0.25) is 0 Å². The molecule has 3 rings (SSSR count). The Bertz CT molecular complexity index is 946. The fourth-order valence-corrected chi connectivity index (χ4v) is 3.48. The number of carboxylic acid groups (broad SMARTS) is 1. The zero-order valence-corrected chi connectivity index (χ0v) is 15.4. The van der Waals surface area contributed by atoms with Crippen LogP contribution in [0.25, 0.3) is 0 Å². The SMILES string of the molecule is O=C(NC1CCN(C(=O)O)CC1c1ccc(F)cc1)c1ccc(F)c(C(F)(F)F)c1. The van der Waals surface area contributed by atoms with Crippen molar-refractivity contribution in [3.05, 3.63) is 70.8 Å². The van der Waals surface area contributed by atoms with Crippen LogP contribution in [0.15, 0.2) is 42.5 Å². The number of carbonyl (C=O) groups excluding carboxylic acids is 1.